The normalized spacial score (nSPS) is 18.3. The van der Waals surface area contributed by atoms with Gasteiger partial charge in [-0.1, -0.05) is 12.1 Å². The van der Waals surface area contributed by atoms with Crippen molar-refractivity contribution in [3.63, 3.8) is 0 Å². The van der Waals surface area contributed by atoms with Crippen LogP contribution in [0.25, 0.3) is 0 Å². The number of ether oxygens (including phenoxy) is 1. The highest BCUT2D eigenvalue weighted by Crippen LogP contribution is 2.24. The largest absolute Gasteiger partial charge is 0.368 e. The van der Waals surface area contributed by atoms with Gasteiger partial charge in [0.25, 0.3) is 5.91 Å². The van der Waals surface area contributed by atoms with E-state index in [0.717, 1.165) is 16.4 Å². The molecule has 0 spiro atoms. The van der Waals surface area contributed by atoms with Gasteiger partial charge in [-0.15, -0.1) is 11.3 Å². The van der Waals surface area contributed by atoms with Gasteiger partial charge in [-0.25, -0.2) is 4.98 Å². The molecule has 1 atom stereocenters. The Hall–Kier alpha value is -1.92. The molecule has 0 radical (unpaired) electrons. The maximum Gasteiger partial charge on any atom is 0.264 e. The average Bonchev–Trinajstić information content (AvgIpc) is 3.09. The van der Waals surface area contributed by atoms with Crippen molar-refractivity contribution >= 4 is 23.1 Å². The lowest BCUT2D eigenvalue weighted by molar-refractivity contribution is -0.0245. The summed E-state index contributed by atoms with van der Waals surface area (Å²) in [6.07, 6.45) is -0.169. The second-order valence-electron chi connectivity index (χ2n) is 5.40. The number of thiophene rings is 1. The van der Waals surface area contributed by atoms with Crippen molar-refractivity contribution in [2.45, 2.75) is 6.10 Å². The number of hydrogen-bond acceptors (Lipinski definition) is 5. The van der Waals surface area contributed by atoms with E-state index >= 15 is 0 Å². The zero-order valence-electron chi connectivity index (χ0n) is 12.7. The number of carbonyl (C=O) groups is 1. The van der Waals surface area contributed by atoms with Crippen LogP contribution in [-0.2, 0) is 4.74 Å². The molecule has 0 aliphatic carbocycles. The first kappa shape index (κ1) is 15.0. The van der Waals surface area contributed by atoms with Crippen molar-refractivity contribution in [3.05, 3.63) is 46.3 Å². The summed E-state index contributed by atoms with van der Waals surface area (Å²) in [5.41, 5.74) is 0.870. The second kappa shape index (κ2) is 6.46. The van der Waals surface area contributed by atoms with Gasteiger partial charge in [0.15, 0.2) is 0 Å². The SMILES string of the molecule is CN(C)c1cccc([C@@H]2CN(C(=O)c3cccs3)CCO2)n1. The minimum Gasteiger partial charge on any atom is -0.368 e. The first-order valence-electron chi connectivity index (χ1n) is 7.24. The number of morpholine rings is 1. The van der Waals surface area contributed by atoms with Gasteiger partial charge in [0.05, 0.1) is 23.7 Å². The molecule has 2 aromatic heterocycles. The fourth-order valence-corrected chi connectivity index (χ4v) is 3.13. The fraction of sp³-hybridized carbons (Fsp3) is 0.375. The Morgan fingerprint density at radius 1 is 1.36 bits per heavy atom. The fourth-order valence-electron chi connectivity index (χ4n) is 2.44. The zero-order chi connectivity index (χ0) is 15.5. The summed E-state index contributed by atoms with van der Waals surface area (Å²) in [5.74, 6) is 0.967. The van der Waals surface area contributed by atoms with Crippen LogP contribution in [0.2, 0.25) is 0 Å². The van der Waals surface area contributed by atoms with Gasteiger partial charge >= 0.3 is 0 Å². The third-order valence-corrected chi connectivity index (χ3v) is 4.49. The van der Waals surface area contributed by atoms with Crippen molar-refractivity contribution in [1.82, 2.24) is 9.88 Å². The van der Waals surface area contributed by atoms with E-state index < -0.39 is 0 Å². The minimum atomic E-state index is -0.169. The lowest BCUT2D eigenvalue weighted by Gasteiger charge is -2.32. The van der Waals surface area contributed by atoms with Crippen molar-refractivity contribution in [2.24, 2.45) is 0 Å². The molecule has 3 rings (SSSR count). The number of pyridine rings is 1. The molecule has 0 aromatic carbocycles. The molecule has 0 saturated carbocycles. The molecule has 0 bridgehead atoms. The predicted octanol–water partition coefficient (Wildman–Crippen LogP) is 2.42. The Kier molecular flexibility index (Phi) is 4.40. The van der Waals surface area contributed by atoms with Crippen LogP contribution < -0.4 is 4.90 Å². The highest BCUT2D eigenvalue weighted by Gasteiger charge is 2.27. The van der Waals surface area contributed by atoms with Crippen LogP contribution in [0.1, 0.15) is 21.5 Å². The smallest absolute Gasteiger partial charge is 0.264 e. The van der Waals surface area contributed by atoms with Crippen LogP contribution in [0.5, 0.6) is 0 Å². The summed E-state index contributed by atoms with van der Waals surface area (Å²) < 4.78 is 5.82. The van der Waals surface area contributed by atoms with E-state index in [2.05, 4.69) is 4.98 Å². The van der Waals surface area contributed by atoms with Crippen LogP contribution in [0.15, 0.2) is 35.7 Å². The summed E-state index contributed by atoms with van der Waals surface area (Å²) in [6.45, 7) is 1.71. The summed E-state index contributed by atoms with van der Waals surface area (Å²) in [7, 11) is 3.92. The summed E-state index contributed by atoms with van der Waals surface area (Å²) >= 11 is 1.47. The Labute approximate surface area is 134 Å². The second-order valence-corrected chi connectivity index (χ2v) is 6.35. The molecule has 1 saturated heterocycles. The molecule has 22 heavy (non-hydrogen) atoms. The van der Waals surface area contributed by atoms with Crippen molar-refractivity contribution < 1.29 is 9.53 Å². The number of aromatic nitrogens is 1. The molecular weight excluding hydrogens is 298 g/mol. The third-order valence-electron chi connectivity index (χ3n) is 3.63. The number of hydrogen-bond donors (Lipinski definition) is 0. The monoisotopic (exact) mass is 317 g/mol. The maximum absolute atomic E-state index is 12.5. The predicted molar refractivity (Wildman–Crippen MR) is 87.5 cm³/mol. The quantitative estimate of drug-likeness (QED) is 0.872. The van der Waals surface area contributed by atoms with Gasteiger partial charge in [0.2, 0.25) is 0 Å². The standard InChI is InChI=1S/C16H19N3O2S/c1-18(2)15-7-3-5-12(17-15)13-11-19(8-9-21-13)16(20)14-6-4-10-22-14/h3-7,10,13H,8-9,11H2,1-2H3/t13-/m0/s1. The number of carbonyl (C=O) groups excluding carboxylic acids is 1. The van der Waals surface area contributed by atoms with Gasteiger partial charge in [-0.2, -0.15) is 0 Å². The van der Waals surface area contributed by atoms with Crippen molar-refractivity contribution in [1.29, 1.82) is 0 Å². The topological polar surface area (TPSA) is 45.7 Å². The molecule has 1 fully saturated rings. The van der Waals surface area contributed by atoms with Crippen LogP contribution in [0.4, 0.5) is 5.82 Å². The lowest BCUT2D eigenvalue weighted by atomic mass is 10.1. The van der Waals surface area contributed by atoms with Gasteiger partial charge < -0.3 is 14.5 Å². The lowest BCUT2D eigenvalue weighted by Crippen LogP contribution is -2.42. The molecular formula is C16H19N3O2S. The summed E-state index contributed by atoms with van der Waals surface area (Å²) in [4.78, 5) is 21.7. The van der Waals surface area contributed by atoms with Crippen molar-refractivity contribution in [3.8, 4) is 0 Å². The highest BCUT2D eigenvalue weighted by molar-refractivity contribution is 7.12. The first-order chi connectivity index (χ1) is 10.6. The molecule has 3 heterocycles. The Morgan fingerprint density at radius 3 is 2.95 bits per heavy atom. The molecule has 116 valence electrons. The highest BCUT2D eigenvalue weighted by atomic mass is 32.1. The minimum absolute atomic E-state index is 0.0760. The number of nitrogens with zero attached hydrogens (tertiary/aromatic N) is 3. The summed E-state index contributed by atoms with van der Waals surface area (Å²) in [6, 6.07) is 9.65. The van der Waals surface area contributed by atoms with E-state index in [4.69, 9.17) is 4.74 Å². The van der Waals surface area contributed by atoms with E-state index in [9.17, 15) is 4.79 Å². The Bertz CT molecular complexity index is 643. The molecule has 6 heteroatoms. The molecule has 0 N–H and O–H groups in total. The van der Waals surface area contributed by atoms with Gasteiger partial charge in [0.1, 0.15) is 11.9 Å². The van der Waals surface area contributed by atoms with E-state index in [1.54, 1.807) is 0 Å². The van der Waals surface area contributed by atoms with Crippen LogP contribution in [0.3, 0.4) is 0 Å². The summed E-state index contributed by atoms with van der Waals surface area (Å²) in [5, 5.41) is 1.92. The average molecular weight is 317 g/mol. The van der Waals surface area contributed by atoms with E-state index in [-0.39, 0.29) is 12.0 Å². The molecule has 0 unspecified atom stereocenters. The van der Waals surface area contributed by atoms with Gasteiger partial charge in [-0.3, -0.25) is 4.79 Å². The molecule has 2 aromatic rings. The van der Waals surface area contributed by atoms with E-state index in [0.29, 0.717) is 19.7 Å². The van der Waals surface area contributed by atoms with Crippen LogP contribution in [0, 0.1) is 0 Å². The molecule has 1 amide bonds. The Morgan fingerprint density at radius 2 is 2.23 bits per heavy atom. The number of amides is 1. The number of rotatable bonds is 3. The van der Waals surface area contributed by atoms with Gasteiger partial charge in [-0.05, 0) is 23.6 Å². The van der Waals surface area contributed by atoms with E-state index in [1.807, 2.05) is 59.6 Å². The molecule has 1 aliphatic heterocycles. The zero-order valence-corrected chi connectivity index (χ0v) is 13.5. The Balaban J connectivity index is 1.75. The van der Waals surface area contributed by atoms with Crippen LogP contribution >= 0.6 is 11.3 Å². The van der Waals surface area contributed by atoms with Crippen LogP contribution in [-0.4, -0.2) is 49.6 Å². The van der Waals surface area contributed by atoms with Gasteiger partial charge in [0, 0.05) is 20.6 Å². The van der Waals surface area contributed by atoms with E-state index in [1.165, 1.54) is 11.3 Å². The number of anilines is 1. The maximum atomic E-state index is 12.5. The first-order valence-corrected chi connectivity index (χ1v) is 8.12. The third kappa shape index (κ3) is 3.13. The molecule has 5 nitrogen and oxygen atoms in total. The van der Waals surface area contributed by atoms with Crippen molar-refractivity contribution in [2.75, 3.05) is 38.7 Å². The molecule has 1 aliphatic rings.